The van der Waals surface area contributed by atoms with Crippen LogP contribution in [0.3, 0.4) is 0 Å². The van der Waals surface area contributed by atoms with Crippen molar-refractivity contribution in [2.45, 2.75) is 0 Å². The molecule has 17 rings (SSSR count). The van der Waals surface area contributed by atoms with Gasteiger partial charge in [0.1, 0.15) is 11.2 Å². The van der Waals surface area contributed by atoms with E-state index in [2.05, 4.69) is 234 Å². The van der Waals surface area contributed by atoms with Crippen molar-refractivity contribution in [1.29, 1.82) is 0 Å². The van der Waals surface area contributed by atoms with Gasteiger partial charge in [-0.05, 0) is 88.2 Å². The van der Waals surface area contributed by atoms with E-state index in [1.165, 1.54) is 128 Å². The quantitative estimate of drug-likeness (QED) is 0.164. The number of para-hydroxylation sites is 1. The first-order chi connectivity index (χ1) is 36.2. The zero-order valence-corrected chi connectivity index (χ0v) is 41.4. The number of thiophene rings is 3. The largest absolute Gasteiger partial charge is 0.456 e. The summed E-state index contributed by atoms with van der Waals surface area (Å²) in [5.74, 6) is 0. The van der Waals surface area contributed by atoms with Crippen molar-refractivity contribution >= 4 is 174 Å². The van der Waals surface area contributed by atoms with Crippen LogP contribution in [-0.4, -0.2) is 6.71 Å². The Balaban J connectivity index is 1.05. The predicted molar refractivity (Wildman–Crippen MR) is 317 cm³/mol. The second kappa shape index (κ2) is 15.0. The van der Waals surface area contributed by atoms with Crippen molar-refractivity contribution in [1.82, 2.24) is 0 Å². The summed E-state index contributed by atoms with van der Waals surface area (Å²) in [5.41, 5.74) is 17.6. The Morgan fingerprint density at radius 3 is 1.41 bits per heavy atom. The molecule has 15 aromatic rings. The van der Waals surface area contributed by atoms with E-state index in [9.17, 15) is 0 Å². The first-order valence-electron chi connectivity index (χ1n) is 24.9. The van der Waals surface area contributed by atoms with Gasteiger partial charge in [-0.15, -0.1) is 34.0 Å². The van der Waals surface area contributed by atoms with Gasteiger partial charge in [0.15, 0.2) is 0 Å². The lowest BCUT2D eigenvalue weighted by Gasteiger charge is -2.45. The second-order valence-corrected chi connectivity index (χ2v) is 22.6. The molecule has 0 unspecified atom stereocenters. The maximum Gasteiger partial charge on any atom is 0.252 e. The highest BCUT2D eigenvalue weighted by Crippen LogP contribution is 2.56. The highest BCUT2D eigenvalue weighted by molar-refractivity contribution is 7.27. The fourth-order valence-electron chi connectivity index (χ4n) is 12.7. The van der Waals surface area contributed by atoms with Gasteiger partial charge in [0.25, 0.3) is 6.71 Å². The van der Waals surface area contributed by atoms with Gasteiger partial charge < -0.3 is 14.2 Å². The number of anilines is 6. The zero-order valence-electron chi connectivity index (χ0n) is 39.0. The molecule has 0 amide bonds. The van der Waals surface area contributed by atoms with Crippen molar-refractivity contribution in [3.05, 3.63) is 224 Å². The Morgan fingerprint density at radius 1 is 0.315 bits per heavy atom. The molecule has 0 saturated carbocycles. The maximum atomic E-state index is 6.84. The predicted octanol–water partition coefficient (Wildman–Crippen LogP) is 18.1. The minimum atomic E-state index is -0.105. The highest BCUT2D eigenvalue weighted by Gasteiger charge is 2.46. The van der Waals surface area contributed by atoms with E-state index < -0.39 is 0 Å². The molecule has 0 atom stereocenters. The standard InChI is InChI=1S/C66H37BN2OS3/c1-3-16-38(17-4-1)58-48(34-30-42-40-20-8-12-27-54(40)72-65(42)58)68-50-24-15-25-51-62(50)67(46-32-36-53-60(63(46)68)44-22-7-11-26-52(44)70-53)47-33-37-57-61(45-23-10-14-29-56(45)71-57)64(47)69(51)49-35-31-43-41-21-9-13-28-55(41)73-66(43)59(49)39-18-5-2-6-19-39/h1-37H. The minimum Gasteiger partial charge on any atom is -0.456 e. The van der Waals surface area contributed by atoms with Crippen LogP contribution in [0.2, 0.25) is 0 Å². The lowest BCUT2D eigenvalue weighted by molar-refractivity contribution is 0.669. The summed E-state index contributed by atoms with van der Waals surface area (Å²) in [6.45, 7) is -0.105. The molecule has 0 fully saturated rings. The van der Waals surface area contributed by atoms with Crippen LogP contribution in [0.15, 0.2) is 229 Å². The molecule has 338 valence electrons. The number of rotatable bonds is 4. The number of furan rings is 1. The monoisotopic (exact) mass is 980 g/mol. The van der Waals surface area contributed by atoms with Crippen molar-refractivity contribution < 1.29 is 4.42 Å². The Labute approximate surface area is 431 Å². The van der Waals surface area contributed by atoms with Gasteiger partial charge in [-0.1, -0.05) is 164 Å². The van der Waals surface area contributed by atoms with E-state index in [0.29, 0.717) is 0 Å². The van der Waals surface area contributed by atoms with Crippen LogP contribution in [0, 0.1) is 0 Å². The summed E-state index contributed by atoms with van der Waals surface area (Å²) in [5, 5.41) is 9.97. The Morgan fingerprint density at radius 2 is 0.808 bits per heavy atom. The molecule has 0 aliphatic carbocycles. The van der Waals surface area contributed by atoms with E-state index >= 15 is 0 Å². The molecule has 0 spiro atoms. The van der Waals surface area contributed by atoms with Crippen molar-refractivity contribution in [2.75, 3.05) is 9.80 Å². The van der Waals surface area contributed by atoms with E-state index in [4.69, 9.17) is 4.42 Å². The zero-order chi connectivity index (χ0) is 47.5. The molecule has 0 N–H and O–H groups in total. The fraction of sp³-hybridized carbons (Fsp3) is 0. The van der Waals surface area contributed by atoms with E-state index in [1.807, 2.05) is 34.0 Å². The van der Waals surface area contributed by atoms with Crippen LogP contribution >= 0.6 is 34.0 Å². The van der Waals surface area contributed by atoms with Crippen molar-refractivity contribution in [2.24, 2.45) is 0 Å². The summed E-state index contributed by atoms with van der Waals surface area (Å²) in [6, 6.07) is 83.7. The van der Waals surface area contributed by atoms with Gasteiger partial charge in [0.05, 0.1) is 28.1 Å². The van der Waals surface area contributed by atoms with Gasteiger partial charge in [0, 0.05) is 88.4 Å². The normalized spacial score (nSPS) is 13.1. The first kappa shape index (κ1) is 40.2. The van der Waals surface area contributed by atoms with Gasteiger partial charge in [-0.2, -0.15) is 0 Å². The number of hydrogen-bond donors (Lipinski definition) is 0. The van der Waals surface area contributed by atoms with Crippen LogP contribution in [0.1, 0.15) is 0 Å². The molecule has 6 heterocycles. The lowest BCUT2D eigenvalue weighted by atomic mass is 9.33. The number of fused-ring (bicyclic) bond motifs is 18. The molecule has 73 heavy (non-hydrogen) atoms. The topological polar surface area (TPSA) is 19.6 Å². The fourth-order valence-corrected chi connectivity index (χ4v) is 16.4. The molecule has 7 heteroatoms. The summed E-state index contributed by atoms with van der Waals surface area (Å²) in [4.78, 5) is 5.29. The molecule has 0 radical (unpaired) electrons. The second-order valence-electron chi connectivity index (χ2n) is 19.4. The molecule has 3 nitrogen and oxygen atoms in total. The first-order valence-corrected chi connectivity index (χ1v) is 27.3. The average Bonchev–Trinajstić information content (AvgIpc) is 4.26. The molecular formula is C66H37BN2OS3. The van der Waals surface area contributed by atoms with Crippen LogP contribution in [-0.2, 0) is 0 Å². The van der Waals surface area contributed by atoms with Crippen LogP contribution in [0.25, 0.3) is 105 Å². The SMILES string of the molecule is c1ccc(-c2c(N3c4cccc5c4B(c4ccc6oc7ccccc7c6c43)c3ccc4sc6ccccc6c4c3N5c3ccc4c(sc5ccccc54)c3-c3ccccc3)ccc3c2sc2ccccc23)cc1. The van der Waals surface area contributed by atoms with E-state index in [0.717, 1.165) is 27.6 Å². The third-order valence-corrected chi connectivity index (χ3v) is 19.2. The Bertz CT molecular complexity index is 4530. The molecule has 2 aliphatic heterocycles. The van der Waals surface area contributed by atoms with Gasteiger partial charge >= 0.3 is 0 Å². The Hall–Kier alpha value is -8.46. The van der Waals surface area contributed by atoms with Crippen molar-refractivity contribution in [3.8, 4) is 22.3 Å². The van der Waals surface area contributed by atoms with Gasteiger partial charge in [-0.3, -0.25) is 0 Å². The molecular weight excluding hydrogens is 944 g/mol. The highest BCUT2D eigenvalue weighted by atomic mass is 32.1. The summed E-state index contributed by atoms with van der Waals surface area (Å²) in [7, 11) is 0. The molecule has 0 bridgehead atoms. The van der Waals surface area contributed by atoms with E-state index in [1.54, 1.807) is 0 Å². The summed E-state index contributed by atoms with van der Waals surface area (Å²) < 4.78 is 14.6. The third-order valence-electron chi connectivity index (χ3n) is 15.7. The smallest absolute Gasteiger partial charge is 0.252 e. The number of nitrogens with zero attached hydrogens (tertiary/aromatic N) is 2. The maximum absolute atomic E-state index is 6.84. The van der Waals surface area contributed by atoms with E-state index in [-0.39, 0.29) is 6.71 Å². The Kier molecular flexibility index (Phi) is 8.28. The molecule has 11 aromatic carbocycles. The number of hydrogen-bond acceptors (Lipinski definition) is 6. The van der Waals surface area contributed by atoms with Crippen LogP contribution in [0.5, 0.6) is 0 Å². The van der Waals surface area contributed by atoms with Crippen molar-refractivity contribution in [3.63, 3.8) is 0 Å². The summed E-state index contributed by atoms with van der Waals surface area (Å²) >= 11 is 5.69. The third kappa shape index (κ3) is 5.48. The number of benzene rings is 11. The van der Waals surface area contributed by atoms with Gasteiger partial charge in [0.2, 0.25) is 0 Å². The molecule has 0 saturated heterocycles. The lowest BCUT2D eigenvalue weighted by Crippen LogP contribution is -2.61. The summed E-state index contributed by atoms with van der Waals surface area (Å²) in [6.07, 6.45) is 0. The van der Waals surface area contributed by atoms with Crippen LogP contribution in [0.4, 0.5) is 34.1 Å². The average molecular weight is 981 g/mol. The molecule has 2 aliphatic rings. The van der Waals surface area contributed by atoms with Gasteiger partial charge in [-0.25, -0.2) is 0 Å². The molecule has 4 aromatic heterocycles. The minimum absolute atomic E-state index is 0.105. The van der Waals surface area contributed by atoms with Crippen LogP contribution < -0.4 is 26.2 Å².